The Balaban J connectivity index is 2.73. The van der Waals surface area contributed by atoms with E-state index in [-0.39, 0.29) is 12.5 Å². The van der Waals surface area contributed by atoms with Crippen LogP contribution in [0.15, 0.2) is 0 Å². The SMILES string of the molecule is Cc1sc(C(C)COP(=O)(O)O)nc1C(C)C. The number of phosphoric acid groups is 1. The Labute approximate surface area is 105 Å². The molecule has 1 heterocycles. The quantitative estimate of drug-likeness (QED) is 0.810. The predicted octanol–water partition coefficient (Wildman–Crippen LogP) is 2.79. The molecule has 7 heteroatoms. The van der Waals surface area contributed by atoms with E-state index in [2.05, 4.69) is 23.4 Å². The minimum atomic E-state index is -4.39. The van der Waals surface area contributed by atoms with Gasteiger partial charge in [-0.05, 0) is 12.8 Å². The number of phosphoric ester groups is 1. The minimum absolute atomic E-state index is 0.0191. The van der Waals surface area contributed by atoms with Crippen LogP contribution in [0.3, 0.4) is 0 Å². The second-order valence-corrected chi connectivity index (χ2v) is 6.81. The third-order valence-corrected chi connectivity index (χ3v) is 4.01. The summed E-state index contributed by atoms with van der Waals surface area (Å²) in [7, 11) is -4.39. The standard InChI is InChI=1S/C10H18NO4PS/c1-6(2)9-8(4)17-10(11-9)7(3)5-15-16(12,13)14/h6-7H,5H2,1-4H3,(H2,12,13,14). The van der Waals surface area contributed by atoms with Gasteiger partial charge >= 0.3 is 7.82 Å². The van der Waals surface area contributed by atoms with Crippen molar-refractivity contribution in [2.24, 2.45) is 0 Å². The molecular weight excluding hydrogens is 261 g/mol. The largest absolute Gasteiger partial charge is 0.469 e. The highest BCUT2D eigenvalue weighted by Crippen LogP contribution is 2.38. The summed E-state index contributed by atoms with van der Waals surface area (Å²) in [5, 5.41) is 0.861. The average Bonchev–Trinajstić information content (AvgIpc) is 2.55. The van der Waals surface area contributed by atoms with Crippen LogP contribution in [0.2, 0.25) is 0 Å². The molecule has 1 aromatic rings. The molecule has 0 amide bonds. The number of thiazole rings is 1. The Morgan fingerprint density at radius 3 is 2.41 bits per heavy atom. The van der Waals surface area contributed by atoms with Crippen LogP contribution in [0.5, 0.6) is 0 Å². The summed E-state index contributed by atoms with van der Waals surface area (Å²) in [5.74, 6) is 0.244. The number of rotatable bonds is 5. The van der Waals surface area contributed by atoms with Gasteiger partial charge in [-0.15, -0.1) is 11.3 Å². The maximum absolute atomic E-state index is 10.6. The first kappa shape index (κ1) is 14.8. The molecule has 0 saturated heterocycles. The summed E-state index contributed by atoms with van der Waals surface area (Å²) in [6.07, 6.45) is 0. The van der Waals surface area contributed by atoms with E-state index < -0.39 is 7.82 Å². The van der Waals surface area contributed by atoms with Gasteiger partial charge in [0, 0.05) is 10.8 Å². The smallest absolute Gasteiger partial charge is 0.303 e. The van der Waals surface area contributed by atoms with Crippen molar-refractivity contribution in [3.8, 4) is 0 Å². The van der Waals surface area contributed by atoms with E-state index in [1.807, 2.05) is 13.8 Å². The second-order valence-electron chi connectivity index (χ2n) is 4.34. The molecule has 0 aromatic carbocycles. The zero-order valence-corrected chi connectivity index (χ0v) is 12.1. The Bertz CT molecular complexity index is 426. The fourth-order valence-corrected chi connectivity index (χ4v) is 2.99. The monoisotopic (exact) mass is 279 g/mol. The van der Waals surface area contributed by atoms with Crippen LogP contribution in [0.1, 0.15) is 48.2 Å². The molecule has 5 nitrogen and oxygen atoms in total. The van der Waals surface area contributed by atoms with Crippen molar-refractivity contribution >= 4 is 19.2 Å². The molecule has 0 saturated carbocycles. The first-order chi connectivity index (χ1) is 7.70. The predicted molar refractivity (Wildman–Crippen MR) is 67.4 cm³/mol. The summed E-state index contributed by atoms with van der Waals surface area (Å²) < 4.78 is 15.1. The summed E-state index contributed by atoms with van der Waals surface area (Å²) >= 11 is 1.56. The summed E-state index contributed by atoms with van der Waals surface area (Å²) in [6.45, 7) is 7.98. The molecule has 98 valence electrons. The number of nitrogens with zero attached hydrogens (tertiary/aromatic N) is 1. The van der Waals surface area contributed by atoms with Crippen molar-refractivity contribution in [2.45, 2.75) is 39.5 Å². The molecule has 17 heavy (non-hydrogen) atoms. The molecule has 0 aliphatic rings. The molecule has 0 aliphatic carbocycles. The fourth-order valence-electron chi connectivity index (χ4n) is 1.46. The van der Waals surface area contributed by atoms with Crippen LogP contribution in [-0.2, 0) is 9.09 Å². The van der Waals surface area contributed by atoms with Crippen LogP contribution in [0.25, 0.3) is 0 Å². The lowest BCUT2D eigenvalue weighted by Crippen LogP contribution is -2.03. The molecule has 0 aliphatic heterocycles. The van der Waals surface area contributed by atoms with Crippen molar-refractivity contribution in [1.29, 1.82) is 0 Å². The number of aromatic nitrogens is 1. The molecule has 0 bridgehead atoms. The van der Waals surface area contributed by atoms with Crippen molar-refractivity contribution in [2.75, 3.05) is 6.61 Å². The van der Waals surface area contributed by atoms with Crippen molar-refractivity contribution in [3.05, 3.63) is 15.6 Å². The number of hydrogen-bond acceptors (Lipinski definition) is 4. The molecule has 2 N–H and O–H groups in total. The summed E-state index contributed by atoms with van der Waals surface area (Å²) in [5.41, 5.74) is 1.05. The zero-order chi connectivity index (χ0) is 13.2. The van der Waals surface area contributed by atoms with E-state index in [9.17, 15) is 4.57 Å². The number of aryl methyl sites for hydroxylation is 1. The molecule has 1 atom stereocenters. The van der Waals surface area contributed by atoms with Gasteiger partial charge in [-0.1, -0.05) is 20.8 Å². The topological polar surface area (TPSA) is 79.7 Å². The van der Waals surface area contributed by atoms with Crippen LogP contribution in [0.4, 0.5) is 0 Å². The highest BCUT2D eigenvalue weighted by Gasteiger charge is 2.20. The van der Waals surface area contributed by atoms with E-state index in [4.69, 9.17) is 9.79 Å². The molecule has 1 aromatic heterocycles. The Kier molecular flexibility index (Phi) is 4.86. The lowest BCUT2D eigenvalue weighted by Gasteiger charge is -2.09. The molecule has 0 radical (unpaired) electrons. The van der Waals surface area contributed by atoms with Crippen LogP contribution < -0.4 is 0 Å². The average molecular weight is 279 g/mol. The Hall–Kier alpha value is -0.260. The third-order valence-electron chi connectivity index (χ3n) is 2.31. The van der Waals surface area contributed by atoms with Gasteiger partial charge in [0.15, 0.2) is 0 Å². The minimum Gasteiger partial charge on any atom is -0.303 e. The summed E-state index contributed by atoms with van der Waals surface area (Å²) in [4.78, 5) is 22.9. The highest BCUT2D eigenvalue weighted by molar-refractivity contribution is 7.46. The Morgan fingerprint density at radius 2 is 2.00 bits per heavy atom. The second kappa shape index (κ2) is 5.59. The van der Waals surface area contributed by atoms with Crippen molar-refractivity contribution < 1.29 is 18.9 Å². The Morgan fingerprint density at radius 1 is 1.41 bits per heavy atom. The van der Waals surface area contributed by atoms with Gasteiger partial charge in [-0.25, -0.2) is 9.55 Å². The van der Waals surface area contributed by atoms with Crippen LogP contribution in [0, 0.1) is 6.92 Å². The highest BCUT2D eigenvalue weighted by atomic mass is 32.1. The third kappa shape index (κ3) is 4.48. The lowest BCUT2D eigenvalue weighted by atomic mass is 10.1. The van der Waals surface area contributed by atoms with Gasteiger partial charge in [0.2, 0.25) is 0 Å². The summed E-state index contributed by atoms with van der Waals surface area (Å²) in [6, 6.07) is 0. The maximum atomic E-state index is 10.6. The molecule has 1 rings (SSSR count). The first-order valence-electron chi connectivity index (χ1n) is 5.38. The van der Waals surface area contributed by atoms with E-state index >= 15 is 0 Å². The molecule has 1 unspecified atom stereocenters. The normalized spacial score (nSPS) is 14.3. The fraction of sp³-hybridized carbons (Fsp3) is 0.700. The van der Waals surface area contributed by atoms with Crippen LogP contribution in [-0.4, -0.2) is 21.4 Å². The first-order valence-corrected chi connectivity index (χ1v) is 7.72. The molecule has 0 fully saturated rings. The van der Waals surface area contributed by atoms with E-state index in [0.29, 0.717) is 5.92 Å². The van der Waals surface area contributed by atoms with Gasteiger partial charge in [0.1, 0.15) is 0 Å². The van der Waals surface area contributed by atoms with Gasteiger partial charge < -0.3 is 9.79 Å². The molecular formula is C10H18NO4PS. The molecule has 0 spiro atoms. The van der Waals surface area contributed by atoms with Gasteiger partial charge in [-0.3, -0.25) is 4.52 Å². The van der Waals surface area contributed by atoms with E-state index in [1.165, 1.54) is 0 Å². The van der Waals surface area contributed by atoms with Crippen LogP contribution >= 0.6 is 19.2 Å². The van der Waals surface area contributed by atoms with Crippen molar-refractivity contribution in [3.63, 3.8) is 0 Å². The van der Waals surface area contributed by atoms with Gasteiger partial charge in [-0.2, -0.15) is 0 Å². The van der Waals surface area contributed by atoms with E-state index in [0.717, 1.165) is 15.6 Å². The van der Waals surface area contributed by atoms with E-state index in [1.54, 1.807) is 11.3 Å². The van der Waals surface area contributed by atoms with Gasteiger partial charge in [0.05, 0.1) is 17.3 Å². The van der Waals surface area contributed by atoms with Gasteiger partial charge in [0.25, 0.3) is 0 Å². The van der Waals surface area contributed by atoms with Crippen molar-refractivity contribution in [1.82, 2.24) is 4.98 Å². The maximum Gasteiger partial charge on any atom is 0.469 e. The zero-order valence-electron chi connectivity index (χ0n) is 10.4. The number of hydrogen-bond donors (Lipinski definition) is 2. The lowest BCUT2D eigenvalue weighted by molar-refractivity contribution is 0.188.